The van der Waals surface area contributed by atoms with E-state index in [1.807, 2.05) is 30.3 Å². The lowest BCUT2D eigenvalue weighted by atomic mass is 9.77. The molecule has 2 aromatic rings. The molecule has 0 saturated heterocycles. The van der Waals surface area contributed by atoms with Gasteiger partial charge in [0.2, 0.25) is 0 Å². The van der Waals surface area contributed by atoms with Gasteiger partial charge in [-0.15, -0.1) is 0 Å². The van der Waals surface area contributed by atoms with Gasteiger partial charge in [0.1, 0.15) is 0 Å². The summed E-state index contributed by atoms with van der Waals surface area (Å²) < 4.78 is 24.1. The Morgan fingerprint density at radius 2 is 1.86 bits per heavy atom. The number of anilines is 1. The average Bonchev–Trinajstić information content (AvgIpc) is 2.46. The lowest BCUT2D eigenvalue weighted by Gasteiger charge is -2.27. The standard InChI is InChI=1S/C14H16BNO4S/c1-11-7-8-13(9-14(11)15(17)18)16(21(19)20)10-12-5-3-2-4-6-12/h2-9,17-18H,10H2,1H3,(H,19,20)/p-1. The summed E-state index contributed by atoms with van der Waals surface area (Å²) in [5.41, 5.74) is 2.20. The van der Waals surface area contributed by atoms with Crippen LogP contribution in [0.25, 0.3) is 0 Å². The Kier molecular flexibility index (Phi) is 5.14. The largest absolute Gasteiger partial charge is 0.755 e. The summed E-state index contributed by atoms with van der Waals surface area (Å²) in [6, 6.07) is 14.0. The Hall–Kier alpha value is -1.67. The SMILES string of the molecule is Cc1ccc(N(Cc2ccccc2)S(=O)[O-])cc1B(O)O. The van der Waals surface area contributed by atoms with Crippen molar-refractivity contribution in [3.63, 3.8) is 0 Å². The van der Waals surface area contributed by atoms with E-state index >= 15 is 0 Å². The van der Waals surface area contributed by atoms with Crippen LogP contribution in [0.4, 0.5) is 5.69 Å². The van der Waals surface area contributed by atoms with Gasteiger partial charge in [0.15, 0.2) is 0 Å². The van der Waals surface area contributed by atoms with Crippen molar-refractivity contribution in [2.24, 2.45) is 0 Å². The summed E-state index contributed by atoms with van der Waals surface area (Å²) in [7, 11) is -1.64. The molecule has 0 aliphatic rings. The monoisotopic (exact) mass is 304 g/mol. The zero-order valence-electron chi connectivity index (χ0n) is 11.5. The van der Waals surface area contributed by atoms with Gasteiger partial charge in [-0.05, 0) is 30.1 Å². The molecule has 0 aliphatic heterocycles. The highest BCUT2D eigenvalue weighted by molar-refractivity contribution is 7.80. The Bertz CT molecular complexity index is 636. The van der Waals surface area contributed by atoms with Crippen LogP contribution >= 0.6 is 0 Å². The molecule has 0 aromatic heterocycles. The van der Waals surface area contributed by atoms with Crippen LogP contribution in [0.2, 0.25) is 0 Å². The molecule has 5 nitrogen and oxygen atoms in total. The zero-order valence-corrected chi connectivity index (χ0v) is 12.3. The molecule has 2 rings (SSSR count). The summed E-state index contributed by atoms with van der Waals surface area (Å²) in [6.07, 6.45) is 0. The number of hydrogen-bond donors (Lipinski definition) is 2. The van der Waals surface area contributed by atoms with E-state index in [1.165, 1.54) is 10.4 Å². The van der Waals surface area contributed by atoms with Gasteiger partial charge in [0.25, 0.3) is 0 Å². The van der Waals surface area contributed by atoms with E-state index in [0.717, 1.165) is 5.56 Å². The highest BCUT2D eigenvalue weighted by Gasteiger charge is 2.17. The third-order valence-corrected chi connectivity index (χ3v) is 3.88. The van der Waals surface area contributed by atoms with Crippen molar-refractivity contribution in [1.29, 1.82) is 0 Å². The van der Waals surface area contributed by atoms with Gasteiger partial charge in [-0.2, -0.15) is 0 Å². The lowest BCUT2D eigenvalue weighted by Crippen LogP contribution is -2.34. The topological polar surface area (TPSA) is 83.8 Å². The second-order valence-corrected chi connectivity index (χ2v) is 5.53. The van der Waals surface area contributed by atoms with Crippen molar-refractivity contribution in [2.75, 3.05) is 4.31 Å². The third-order valence-electron chi connectivity index (χ3n) is 3.18. The van der Waals surface area contributed by atoms with Crippen LogP contribution in [0.5, 0.6) is 0 Å². The Balaban J connectivity index is 2.35. The van der Waals surface area contributed by atoms with Crippen LogP contribution in [0.3, 0.4) is 0 Å². The molecule has 1 unspecified atom stereocenters. The van der Waals surface area contributed by atoms with E-state index in [0.29, 0.717) is 11.3 Å². The van der Waals surface area contributed by atoms with Gasteiger partial charge in [-0.25, -0.2) is 0 Å². The van der Waals surface area contributed by atoms with Crippen molar-refractivity contribution in [2.45, 2.75) is 13.5 Å². The molecule has 0 heterocycles. The fourth-order valence-corrected chi connectivity index (χ4v) is 2.58. The first-order valence-electron chi connectivity index (χ1n) is 6.36. The Labute approximate surface area is 126 Å². The summed E-state index contributed by atoms with van der Waals surface area (Å²) >= 11 is -2.46. The number of aryl methyl sites for hydroxylation is 1. The molecule has 1 atom stereocenters. The van der Waals surface area contributed by atoms with Gasteiger partial charge in [0, 0.05) is 17.0 Å². The maximum atomic E-state index is 11.5. The maximum Gasteiger partial charge on any atom is 0.488 e. The van der Waals surface area contributed by atoms with Crippen LogP contribution in [-0.2, 0) is 17.8 Å². The van der Waals surface area contributed by atoms with Crippen molar-refractivity contribution in [3.05, 3.63) is 59.7 Å². The van der Waals surface area contributed by atoms with Crippen molar-refractivity contribution in [3.8, 4) is 0 Å². The minimum Gasteiger partial charge on any atom is -0.755 e. The van der Waals surface area contributed by atoms with Gasteiger partial charge in [0.05, 0.1) is 6.54 Å². The zero-order chi connectivity index (χ0) is 15.4. The molecular weight excluding hydrogens is 289 g/mol. The maximum absolute atomic E-state index is 11.5. The smallest absolute Gasteiger partial charge is 0.488 e. The predicted octanol–water partition coefficient (Wildman–Crippen LogP) is 0.476. The van der Waals surface area contributed by atoms with Crippen molar-refractivity contribution < 1.29 is 18.8 Å². The first-order valence-corrected chi connectivity index (χ1v) is 7.39. The van der Waals surface area contributed by atoms with Crippen molar-refractivity contribution in [1.82, 2.24) is 0 Å². The van der Waals surface area contributed by atoms with E-state index in [1.54, 1.807) is 19.1 Å². The quantitative estimate of drug-likeness (QED) is 0.621. The van der Waals surface area contributed by atoms with Crippen LogP contribution < -0.4 is 9.77 Å². The molecule has 7 heteroatoms. The van der Waals surface area contributed by atoms with Crippen LogP contribution in [0, 0.1) is 6.92 Å². The van der Waals surface area contributed by atoms with E-state index in [9.17, 15) is 18.8 Å². The molecule has 2 N–H and O–H groups in total. The van der Waals surface area contributed by atoms with Gasteiger partial charge < -0.3 is 14.6 Å². The molecule has 110 valence electrons. The molecular formula is C14H15BNO4S-. The number of hydrogen-bond acceptors (Lipinski definition) is 4. The van der Waals surface area contributed by atoms with E-state index < -0.39 is 18.4 Å². The van der Waals surface area contributed by atoms with E-state index in [-0.39, 0.29) is 12.0 Å². The molecule has 0 fully saturated rings. The second-order valence-electron chi connectivity index (χ2n) is 4.65. The van der Waals surface area contributed by atoms with E-state index in [2.05, 4.69) is 0 Å². The Morgan fingerprint density at radius 3 is 2.43 bits per heavy atom. The summed E-state index contributed by atoms with van der Waals surface area (Å²) in [5.74, 6) is 0. The van der Waals surface area contributed by atoms with Gasteiger partial charge >= 0.3 is 7.12 Å². The fraction of sp³-hybridized carbons (Fsp3) is 0.143. The van der Waals surface area contributed by atoms with Crippen LogP contribution in [0.15, 0.2) is 48.5 Å². The highest BCUT2D eigenvalue weighted by atomic mass is 32.2. The summed E-state index contributed by atoms with van der Waals surface area (Å²) in [6.45, 7) is 1.91. The fourth-order valence-electron chi connectivity index (χ4n) is 2.04. The molecule has 0 saturated carbocycles. The first kappa shape index (κ1) is 15.7. The molecule has 21 heavy (non-hydrogen) atoms. The van der Waals surface area contributed by atoms with Crippen molar-refractivity contribution >= 4 is 29.5 Å². The summed E-state index contributed by atoms with van der Waals surface area (Å²) in [5, 5.41) is 18.6. The third kappa shape index (κ3) is 3.92. The molecule has 0 aliphatic carbocycles. The summed E-state index contributed by atoms with van der Waals surface area (Å²) in [4.78, 5) is 0. The normalized spacial score (nSPS) is 12.0. The Morgan fingerprint density at radius 1 is 1.19 bits per heavy atom. The van der Waals surface area contributed by atoms with Crippen LogP contribution in [0.1, 0.15) is 11.1 Å². The minimum atomic E-state index is -2.46. The number of rotatable bonds is 5. The van der Waals surface area contributed by atoms with Gasteiger partial charge in [-0.1, -0.05) is 42.0 Å². The molecule has 0 bridgehead atoms. The minimum absolute atomic E-state index is 0.182. The molecule has 0 amide bonds. The predicted molar refractivity (Wildman–Crippen MR) is 82.5 cm³/mol. The molecule has 2 aromatic carbocycles. The molecule has 0 spiro atoms. The first-order chi connectivity index (χ1) is 9.99. The number of benzene rings is 2. The van der Waals surface area contributed by atoms with Crippen LogP contribution in [-0.4, -0.2) is 25.9 Å². The second kappa shape index (κ2) is 6.86. The number of nitrogens with zero attached hydrogens (tertiary/aromatic N) is 1. The van der Waals surface area contributed by atoms with Gasteiger partial charge in [-0.3, -0.25) is 8.51 Å². The lowest BCUT2D eigenvalue weighted by molar-refractivity contribution is 0.425. The average molecular weight is 304 g/mol. The van der Waals surface area contributed by atoms with E-state index in [4.69, 9.17) is 0 Å². The molecule has 0 radical (unpaired) electrons. The highest BCUT2D eigenvalue weighted by Crippen LogP contribution is 2.18.